The lowest BCUT2D eigenvalue weighted by Gasteiger charge is -2.09. The quantitative estimate of drug-likeness (QED) is 0.603. The van der Waals surface area contributed by atoms with Crippen LogP contribution >= 0.6 is 27.3 Å². The number of nitrogens with zero attached hydrogens (tertiary/aromatic N) is 1. The molecule has 0 bridgehead atoms. The van der Waals surface area contributed by atoms with E-state index in [4.69, 9.17) is 4.74 Å². The van der Waals surface area contributed by atoms with Gasteiger partial charge in [0.2, 0.25) is 0 Å². The summed E-state index contributed by atoms with van der Waals surface area (Å²) >= 11 is 4.84. The Hall–Kier alpha value is -2.18. The normalized spacial score (nSPS) is 10.5. The number of amides is 1. The number of hydrogen-bond donors (Lipinski definition) is 1. The van der Waals surface area contributed by atoms with Crippen molar-refractivity contribution < 1.29 is 9.53 Å². The van der Waals surface area contributed by atoms with Gasteiger partial charge in [-0.25, -0.2) is 4.98 Å². The van der Waals surface area contributed by atoms with Crippen molar-refractivity contribution in [3.63, 3.8) is 0 Å². The van der Waals surface area contributed by atoms with Crippen molar-refractivity contribution in [1.29, 1.82) is 0 Å². The summed E-state index contributed by atoms with van der Waals surface area (Å²) in [6.07, 6.45) is 0.861. The van der Waals surface area contributed by atoms with Crippen molar-refractivity contribution in [2.75, 3.05) is 11.9 Å². The average Bonchev–Trinajstić information content (AvgIpc) is 3.08. The van der Waals surface area contributed by atoms with E-state index in [-0.39, 0.29) is 12.5 Å². The first kappa shape index (κ1) is 17.6. The maximum atomic E-state index is 12.1. The summed E-state index contributed by atoms with van der Waals surface area (Å²) in [7, 11) is 0. The fourth-order valence-corrected chi connectivity index (χ4v) is 3.48. The molecular weight excluding hydrogens is 400 g/mol. The van der Waals surface area contributed by atoms with Gasteiger partial charge in [-0.05, 0) is 30.2 Å². The second kappa shape index (κ2) is 8.27. The van der Waals surface area contributed by atoms with Gasteiger partial charge in [0.1, 0.15) is 5.75 Å². The number of para-hydroxylation sites is 1. The minimum atomic E-state index is -0.221. The summed E-state index contributed by atoms with van der Waals surface area (Å²) in [5.41, 5.74) is 2.92. The predicted octanol–water partition coefficient (Wildman–Crippen LogP) is 5.15. The Morgan fingerprint density at radius 3 is 2.88 bits per heavy atom. The van der Waals surface area contributed by atoms with Crippen LogP contribution in [0.4, 0.5) is 5.13 Å². The molecule has 3 rings (SSSR count). The van der Waals surface area contributed by atoms with Crippen molar-refractivity contribution in [1.82, 2.24) is 4.98 Å². The number of carbonyl (C=O) groups is 1. The molecule has 1 N–H and O–H groups in total. The van der Waals surface area contributed by atoms with Gasteiger partial charge in [-0.2, -0.15) is 0 Å². The SMILES string of the molecule is CCc1ccccc1OCC(=O)Nc1nc(-c2cccc(Br)c2)cs1. The topological polar surface area (TPSA) is 51.2 Å². The maximum absolute atomic E-state index is 12.1. The fourth-order valence-electron chi connectivity index (χ4n) is 2.35. The van der Waals surface area contributed by atoms with Crippen LogP contribution in [0, 0.1) is 0 Å². The fraction of sp³-hybridized carbons (Fsp3) is 0.158. The molecule has 1 aromatic heterocycles. The first-order valence-corrected chi connectivity index (χ1v) is 9.55. The predicted molar refractivity (Wildman–Crippen MR) is 105 cm³/mol. The molecule has 0 fully saturated rings. The number of rotatable bonds is 6. The lowest BCUT2D eigenvalue weighted by Crippen LogP contribution is -2.20. The van der Waals surface area contributed by atoms with Gasteiger partial charge in [0.25, 0.3) is 5.91 Å². The molecule has 3 aromatic rings. The smallest absolute Gasteiger partial charge is 0.264 e. The Kier molecular flexibility index (Phi) is 5.83. The maximum Gasteiger partial charge on any atom is 0.264 e. The molecule has 6 heteroatoms. The molecule has 128 valence electrons. The monoisotopic (exact) mass is 416 g/mol. The highest BCUT2D eigenvalue weighted by Crippen LogP contribution is 2.27. The molecule has 4 nitrogen and oxygen atoms in total. The number of thiazole rings is 1. The molecule has 0 atom stereocenters. The van der Waals surface area contributed by atoms with E-state index in [1.807, 2.05) is 53.9 Å². The third kappa shape index (κ3) is 4.67. The minimum Gasteiger partial charge on any atom is -0.483 e. The first-order valence-electron chi connectivity index (χ1n) is 7.87. The number of aryl methyl sites for hydroxylation is 1. The van der Waals surface area contributed by atoms with Gasteiger partial charge in [-0.1, -0.05) is 53.2 Å². The van der Waals surface area contributed by atoms with Crippen LogP contribution in [0.25, 0.3) is 11.3 Å². The Morgan fingerprint density at radius 2 is 2.08 bits per heavy atom. The zero-order chi connectivity index (χ0) is 17.6. The highest BCUT2D eigenvalue weighted by molar-refractivity contribution is 9.10. The minimum absolute atomic E-state index is 0.0389. The van der Waals surface area contributed by atoms with Crippen molar-refractivity contribution in [2.24, 2.45) is 0 Å². The zero-order valence-electron chi connectivity index (χ0n) is 13.7. The van der Waals surface area contributed by atoms with Gasteiger partial charge in [-0.15, -0.1) is 11.3 Å². The van der Waals surface area contributed by atoms with E-state index in [1.165, 1.54) is 11.3 Å². The molecule has 0 radical (unpaired) electrons. The first-order chi connectivity index (χ1) is 12.2. The van der Waals surface area contributed by atoms with Crippen molar-refractivity contribution in [3.05, 3.63) is 63.9 Å². The van der Waals surface area contributed by atoms with Crippen LogP contribution in [0.5, 0.6) is 5.75 Å². The van der Waals surface area contributed by atoms with Gasteiger partial charge >= 0.3 is 0 Å². The number of benzene rings is 2. The molecule has 0 aliphatic rings. The molecule has 0 saturated heterocycles. The van der Waals surface area contributed by atoms with Gasteiger partial charge in [-0.3, -0.25) is 10.1 Å². The van der Waals surface area contributed by atoms with Gasteiger partial charge in [0.15, 0.2) is 11.7 Å². The van der Waals surface area contributed by atoms with E-state index in [2.05, 4.69) is 33.2 Å². The van der Waals surface area contributed by atoms with Crippen molar-refractivity contribution in [2.45, 2.75) is 13.3 Å². The third-order valence-corrected chi connectivity index (χ3v) is 4.83. The van der Waals surface area contributed by atoms with Crippen LogP contribution in [0.2, 0.25) is 0 Å². The number of halogens is 1. The molecule has 0 saturated carbocycles. The average molecular weight is 417 g/mol. The van der Waals surface area contributed by atoms with Crippen LogP contribution in [0.1, 0.15) is 12.5 Å². The molecule has 1 heterocycles. The van der Waals surface area contributed by atoms with Gasteiger partial charge in [0.05, 0.1) is 5.69 Å². The molecule has 0 aliphatic heterocycles. The van der Waals surface area contributed by atoms with Crippen LogP contribution in [-0.2, 0) is 11.2 Å². The summed E-state index contributed by atoms with van der Waals surface area (Å²) in [4.78, 5) is 16.6. The molecular formula is C19H17BrN2O2S. The van der Waals surface area contributed by atoms with Crippen LogP contribution < -0.4 is 10.1 Å². The van der Waals surface area contributed by atoms with Crippen molar-refractivity contribution in [3.8, 4) is 17.0 Å². The number of anilines is 1. The molecule has 2 aromatic carbocycles. The Labute approximate surface area is 159 Å². The second-order valence-corrected chi connectivity index (χ2v) is 7.12. The summed E-state index contributed by atoms with van der Waals surface area (Å²) < 4.78 is 6.62. The number of hydrogen-bond acceptors (Lipinski definition) is 4. The standard InChI is InChI=1S/C19H17BrN2O2S/c1-2-13-6-3-4-9-17(13)24-11-18(23)22-19-21-16(12-25-19)14-7-5-8-15(20)10-14/h3-10,12H,2,11H2,1H3,(H,21,22,23). The van der Waals surface area contributed by atoms with Gasteiger partial charge in [0, 0.05) is 15.4 Å². The lowest BCUT2D eigenvalue weighted by atomic mass is 10.1. The summed E-state index contributed by atoms with van der Waals surface area (Å²) in [5, 5.41) is 5.27. The third-order valence-electron chi connectivity index (χ3n) is 3.58. The van der Waals surface area contributed by atoms with E-state index in [0.29, 0.717) is 5.13 Å². The zero-order valence-corrected chi connectivity index (χ0v) is 16.1. The molecule has 1 amide bonds. The Morgan fingerprint density at radius 1 is 1.24 bits per heavy atom. The highest BCUT2D eigenvalue weighted by Gasteiger charge is 2.10. The largest absolute Gasteiger partial charge is 0.483 e. The molecule has 25 heavy (non-hydrogen) atoms. The highest BCUT2D eigenvalue weighted by atomic mass is 79.9. The van der Waals surface area contributed by atoms with E-state index in [1.54, 1.807) is 0 Å². The summed E-state index contributed by atoms with van der Waals surface area (Å²) in [6, 6.07) is 15.6. The van der Waals surface area contributed by atoms with E-state index >= 15 is 0 Å². The Bertz CT molecular complexity index is 879. The second-order valence-electron chi connectivity index (χ2n) is 5.35. The van der Waals surface area contributed by atoms with Crippen molar-refractivity contribution >= 4 is 38.3 Å². The van der Waals surface area contributed by atoms with E-state index in [9.17, 15) is 4.79 Å². The number of nitrogens with one attached hydrogen (secondary N) is 1. The molecule has 0 spiro atoms. The van der Waals surface area contributed by atoms with Crippen LogP contribution in [0.15, 0.2) is 58.4 Å². The number of ether oxygens (including phenoxy) is 1. The van der Waals surface area contributed by atoms with Crippen LogP contribution in [0.3, 0.4) is 0 Å². The van der Waals surface area contributed by atoms with Crippen LogP contribution in [-0.4, -0.2) is 17.5 Å². The van der Waals surface area contributed by atoms with E-state index in [0.717, 1.165) is 33.5 Å². The van der Waals surface area contributed by atoms with E-state index < -0.39 is 0 Å². The molecule has 0 aliphatic carbocycles. The summed E-state index contributed by atoms with van der Waals surface area (Å²) in [5.74, 6) is 0.523. The number of carbonyl (C=O) groups excluding carboxylic acids is 1. The Balaban J connectivity index is 1.60. The summed E-state index contributed by atoms with van der Waals surface area (Å²) in [6.45, 7) is 2.02. The number of aromatic nitrogens is 1. The molecule has 0 unspecified atom stereocenters. The van der Waals surface area contributed by atoms with Gasteiger partial charge < -0.3 is 4.74 Å². The lowest BCUT2D eigenvalue weighted by molar-refractivity contribution is -0.118.